The lowest BCUT2D eigenvalue weighted by Gasteiger charge is -2.22. The summed E-state index contributed by atoms with van der Waals surface area (Å²) in [5.41, 5.74) is 1.45. The zero-order chi connectivity index (χ0) is 7.68. The number of nitrogens with one attached hydrogen (secondary N) is 1. The summed E-state index contributed by atoms with van der Waals surface area (Å²) in [5, 5.41) is 5.26. The zero-order valence-corrected chi connectivity index (χ0v) is 7.28. The normalized spacial score (nSPS) is 23.2. The van der Waals surface area contributed by atoms with Gasteiger partial charge >= 0.3 is 0 Å². The summed E-state index contributed by atoms with van der Waals surface area (Å²) in [5.74, 6) is 0. The molecule has 0 amide bonds. The molecule has 1 N–H and O–H groups in total. The lowest BCUT2D eigenvalue weighted by molar-refractivity contribution is 0.0271. The Kier molecular flexibility index (Phi) is 1.94. The molecule has 1 atom stereocenters. The van der Waals surface area contributed by atoms with Gasteiger partial charge in [-0.3, -0.25) is 5.32 Å². The van der Waals surface area contributed by atoms with Crippen molar-refractivity contribution in [1.82, 2.24) is 5.32 Å². The molecule has 0 aromatic carbocycles. The van der Waals surface area contributed by atoms with Gasteiger partial charge in [0.2, 0.25) is 0 Å². The van der Waals surface area contributed by atoms with Gasteiger partial charge in [0.25, 0.3) is 0 Å². The molecule has 2 rings (SSSR count). The Hall–Kier alpha value is -0.380. The van der Waals surface area contributed by atoms with Crippen molar-refractivity contribution in [1.29, 1.82) is 0 Å². The maximum Gasteiger partial charge on any atom is 0.143 e. The van der Waals surface area contributed by atoms with E-state index in [1.807, 2.05) is 7.05 Å². The molecule has 0 spiro atoms. The molecular formula is C8H11NOS. The van der Waals surface area contributed by atoms with Crippen LogP contribution in [-0.4, -0.2) is 13.7 Å². The molecule has 1 aliphatic rings. The van der Waals surface area contributed by atoms with E-state index in [4.69, 9.17) is 4.74 Å². The van der Waals surface area contributed by atoms with E-state index >= 15 is 0 Å². The Morgan fingerprint density at radius 2 is 2.64 bits per heavy atom. The van der Waals surface area contributed by atoms with Gasteiger partial charge in [0.05, 0.1) is 11.5 Å². The molecule has 0 saturated carbocycles. The summed E-state index contributed by atoms with van der Waals surface area (Å²) in [4.78, 5) is 1.35. The zero-order valence-electron chi connectivity index (χ0n) is 6.46. The standard InChI is InChI=1S/C8H11NOS/c1-9-8-7-6(2-4-10-8)3-5-11-7/h3,5,8-9H,2,4H2,1H3. The minimum Gasteiger partial charge on any atom is -0.358 e. The molecule has 1 unspecified atom stereocenters. The van der Waals surface area contributed by atoms with E-state index in [1.165, 1.54) is 10.4 Å². The van der Waals surface area contributed by atoms with Gasteiger partial charge in [-0.25, -0.2) is 0 Å². The highest BCUT2D eigenvalue weighted by molar-refractivity contribution is 7.10. The highest BCUT2D eigenvalue weighted by Gasteiger charge is 2.19. The molecule has 60 valence electrons. The van der Waals surface area contributed by atoms with Gasteiger partial charge < -0.3 is 4.74 Å². The first kappa shape index (κ1) is 7.28. The summed E-state index contributed by atoms with van der Waals surface area (Å²) in [6, 6.07) is 2.19. The average Bonchev–Trinajstić information content (AvgIpc) is 2.50. The topological polar surface area (TPSA) is 21.3 Å². The van der Waals surface area contributed by atoms with Crippen molar-refractivity contribution in [3.63, 3.8) is 0 Å². The third-order valence-electron chi connectivity index (χ3n) is 1.94. The van der Waals surface area contributed by atoms with Crippen molar-refractivity contribution in [2.75, 3.05) is 13.7 Å². The van der Waals surface area contributed by atoms with Crippen LogP contribution in [0.3, 0.4) is 0 Å². The third kappa shape index (κ3) is 1.20. The Bertz CT molecular complexity index is 246. The van der Waals surface area contributed by atoms with Crippen molar-refractivity contribution >= 4 is 11.3 Å². The monoisotopic (exact) mass is 169 g/mol. The third-order valence-corrected chi connectivity index (χ3v) is 2.94. The van der Waals surface area contributed by atoms with Crippen LogP contribution in [0, 0.1) is 0 Å². The first-order chi connectivity index (χ1) is 5.42. The number of thiophene rings is 1. The van der Waals surface area contributed by atoms with Crippen LogP contribution < -0.4 is 5.32 Å². The molecule has 0 radical (unpaired) electrons. The van der Waals surface area contributed by atoms with E-state index in [0.717, 1.165) is 13.0 Å². The summed E-state index contributed by atoms with van der Waals surface area (Å²) >= 11 is 1.77. The molecule has 0 fully saturated rings. The molecule has 1 aromatic heterocycles. The van der Waals surface area contributed by atoms with E-state index < -0.39 is 0 Å². The largest absolute Gasteiger partial charge is 0.358 e. The van der Waals surface area contributed by atoms with Gasteiger partial charge in [-0.1, -0.05) is 0 Å². The van der Waals surface area contributed by atoms with Crippen molar-refractivity contribution in [2.45, 2.75) is 12.6 Å². The summed E-state index contributed by atoms with van der Waals surface area (Å²) in [6.45, 7) is 0.843. The van der Waals surface area contributed by atoms with E-state index in [2.05, 4.69) is 16.8 Å². The van der Waals surface area contributed by atoms with E-state index in [1.54, 1.807) is 11.3 Å². The van der Waals surface area contributed by atoms with Gasteiger partial charge in [-0.05, 0) is 30.5 Å². The van der Waals surface area contributed by atoms with Crippen LogP contribution >= 0.6 is 11.3 Å². The SMILES string of the molecule is CNC1OCCc2ccsc21. The second-order valence-corrected chi connectivity index (χ2v) is 3.55. The van der Waals surface area contributed by atoms with Crippen LogP contribution in [-0.2, 0) is 11.2 Å². The fraction of sp³-hybridized carbons (Fsp3) is 0.500. The molecule has 0 saturated heterocycles. The Labute approximate surface area is 70.2 Å². The summed E-state index contributed by atoms with van der Waals surface area (Å²) in [7, 11) is 1.93. The average molecular weight is 169 g/mol. The molecule has 11 heavy (non-hydrogen) atoms. The second-order valence-electron chi connectivity index (χ2n) is 2.60. The molecule has 0 aliphatic carbocycles. The summed E-state index contributed by atoms with van der Waals surface area (Å²) < 4.78 is 5.51. The number of hydrogen-bond acceptors (Lipinski definition) is 3. The fourth-order valence-electron chi connectivity index (χ4n) is 1.36. The van der Waals surface area contributed by atoms with Crippen LogP contribution in [0.4, 0.5) is 0 Å². The van der Waals surface area contributed by atoms with E-state index in [9.17, 15) is 0 Å². The maximum absolute atomic E-state index is 5.51. The van der Waals surface area contributed by atoms with Gasteiger partial charge in [0, 0.05) is 0 Å². The molecule has 2 heterocycles. The first-order valence-electron chi connectivity index (χ1n) is 3.77. The van der Waals surface area contributed by atoms with E-state index in [0.29, 0.717) is 0 Å². The number of rotatable bonds is 1. The molecule has 2 nitrogen and oxygen atoms in total. The molecule has 1 aromatic rings. The summed E-state index contributed by atoms with van der Waals surface area (Å²) in [6.07, 6.45) is 1.20. The smallest absolute Gasteiger partial charge is 0.143 e. The number of hydrogen-bond donors (Lipinski definition) is 1. The predicted octanol–water partition coefficient (Wildman–Crippen LogP) is 1.54. The van der Waals surface area contributed by atoms with Crippen molar-refractivity contribution in [3.8, 4) is 0 Å². The van der Waals surface area contributed by atoms with Crippen LogP contribution in [0.5, 0.6) is 0 Å². The lowest BCUT2D eigenvalue weighted by atomic mass is 10.1. The number of ether oxygens (including phenoxy) is 1. The highest BCUT2D eigenvalue weighted by atomic mass is 32.1. The lowest BCUT2D eigenvalue weighted by Crippen LogP contribution is -2.24. The van der Waals surface area contributed by atoms with Crippen LogP contribution in [0.2, 0.25) is 0 Å². The van der Waals surface area contributed by atoms with Crippen molar-refractivity contribution < 1.29 is 4.74 Å². The molecular weight excluding hydrogens is 158 g/mol. The number of fused-ring (bicyclic) bond motifs is 1. The first-order valence-corrected chi connectivity index (χ1v) is 4.65. The minimum absolute atomic E-state index is 0.138. The van der Waals surface area contributed by atoms with Crippen LogP contribution in [0.1, 0.15) is 16.7 Å². The Morgan fingerprint density at radius 3 is 3.45 bits per heavy atom. The van der Waals surface area contributed by atoms with Crippen LogP contribution in [0.15, 0.2) is 11.4 Å². The molecule has 1 aliphatic heterocycles. The predicted molar refractivity (Wildman–Crippen MR) is 45.8 cm³/mol. The van der Waals surface area contributed by atoms with Gasteiger partial charge in [-0.2, -0.15) is 0 Å². The molecule has 3 heteroatoms. The quantitative estimate of drug-likeness (QED) is 0.688. The molecule has 0 bridgehead atoms. The highest BCUT2D eigenvalue weighted by Crippen LogP contribution is 2.29. The van der Waals surface area contributed by atoms with Crippen LogP contribution in [0.25, 0.3) is 0 Å². The van der Waals surface area contributed by atoms with E-state index in [-0.39, 0.29) is 6.23 Å². The second kappa shape index (κ2) is 2.93. The fourth-order valence-corrected chi connectivity index (χ4v) is 2.37. The van der Waals surface area contributed by atoms with Gasteiger partial charge in [0.15, 0.2) is 0 Å². The maximum atomic E-state index is 5.51. The van der Waals surface area contributed by atoms with Gasteiger partial charge in [0.1, 0.15) is 6.23 Å². The Balaban J connectivity index is 2.32. The van der Waals surface area contributed by atoms with Crippen molar-refractivity contribution in [2.24, 2.45) is 0 Å². The van der Waals surface area contributed by atoms with Gasteiger partial charge in [-0.15, -0.1) is 11.3 Å². The van der Waals surface area contributed by atoms with Crippen molar-refractivity contribution in [3.05, 3.63) is 21.9 Å². The minimum atomic E-state index is 0.138. The Morgan fingerprint density at radius 1 is 1.73 bits per heavy atom.